The second-order valence-electron chi connectivity index (χ2n) is 5.98. The van der Waals surface area contributed by atoms with E-state index in [4.69, 9.17) is 9.84 Å². The van der Waals surface area contributed by atoms with Crippen LogP contribution in [0, 0.1) is 0 Å². The zero-order chi connectivity index (χ0) is 20.2. The third kappa shape index (κ3) is 3.61. The first kappa shape index (κ1) is 18.1. The molecule has 0 amide bonds. The lowest BCUT2D eigenvalue weighted by Crippen LogP contribution is -2.01. The lowest BCUT2D eigenvalue weighted by atomic mass is 10.1. The fraction of sp³-hybridized carbons (Fsp3) is 0.0500. The van der Waals surface area contributed by atoms with Gasteiger partial charge in [-0.25, -0.2) is 19.4 Å². The van der Waals surface area contributed by atoms with Gasteiger partial charge >= 0.3 is 5.97 Å². The van der Waals surface area contributed by atoms with Gasteiger partial charge in [0.1, 0.15) is 17.8 Å². The summed E-state index contributed by atoms with van der Waals surface area (Å²) in [6.07, 6.45) is 4.65. The van der Waals surface area contributed by atoms with Crippen molar-refractivity contribution in [3.05, 3.63) is 72.2 Å². The van der Waals surface area contributed by atoms with E-state index in [2.05, 4.69) is 25.6 Å². The molecule has 0 aliphatic heterocycles. The van der Waals surface area contributed by atoms with Crippen molar-refractivity contribution in [2.75, 3.05) is 12.5 Å². The van der Waals surface area contributed by atoms with Gasteiger partial charge in [-0.3, -0.25) is 5.43 Å². The van der Waals surface area contributed by atoms with Crippen LogP contribution in [0.4, 0.5) is 5.82 Å². The van der Waals surface area contributed by atoms with E-state index < -0.39 is 5.97 Å². The van der Waals surface area contributed by atoms with E-state index in [-0.39, 0.29) is 5.56 Å². The summed E-state index contributed by atoms with van der Waals surface area (Å²) in [6.45, 7) is 0. The number of hydrogen-bond acceptors (Lipinski definition) is 7. The Hall–Kier alpha value is -4.27. The first-order valence-electron chi connectivity index (χ1n) is 8.62. The molecule has 2 aromatic heterocycles. The Balaban J connectivity index is 1.60. The van der Waals surface area contributed by atoms with Gasteiger partial charge in [0, 0.05) is 0 Å². The van der Waals surface area contributed by atoms with Gasteiger partial charge in [-0.15, -0.1) is 0 Å². The summed E-state index contributed by atoms with van der Waals surface area (Å²) in [5.74, 6) is 0.199. The molecule has 29 heavy (non-hydrogen) atoms. The van der Waals surface area contributed by atoms with Crippen LogP contribution in [0.25, 0.3) is 16.7 Å². The smallest absolute Gasteiger partial charge is 0.335 e. The Morgan fingerprint density at radius 3 is 2.72 bits per heavy atom. The van der Waals surface area contributed by atoms with Crippen LogP contribution in [0.15, 0.2) is 66.2 Å². The molecule has 4 rings (SSSR count). The summed E-state index contributed by atoms with van der Waals surface area (Å²) in [5, 5.41) is 18.2. The minimum atomic E-state index is -0.970. The van der Waals surface area contributed by atoms with Crippen molar-refractivity contribution in [3.63, 3.8) is 0 Å². The molecule has 0 radical (unpaired) electrons. The maximum absolute atomic E-state index is 10.9. The molecular formula is C20H16N6O3. The maximum atomic E-state index is 10.9. The molecule has 0 saturated heterocycles. The fourth-order valence-electron chi connectivity index (χ4n) is 2.79. The summed E-state index contributed by atoms with van der Waals surface area (Å²) in [6, 6.07) is 13.9. The van der Waals surface area contributed by atoms with Gasteiger partial charge in [0.15, 0.2) is 11.5 Å². The Morgan fingerprint density at radius 1 is 1.17 bits per heavy atom. The largest absolute Gasteiger partial charge is 0.494 e. The van der Waals surface area contributed by atoms with Crippen LogP contribution in [0.5, 0.6) is 5.75 Å². The van der Waals surface area contributed by atoms with Crippen LogP contribution in [0.1, 0.15) is 15.9 Å². The maximum Gasteiger partial charge on any atom is 0.335 e. The van der Waals surface area contributed by atoms with Crippen molar-refractivity contribution in [1.82, 2.24) is 19.7 Å². The van der Waals surface area contributed by atoms with Crippen LogP contribution < -0.4 is 10.2 Å². The molecule has 2 N–H and O–H groups in total. The number of carboxylic acids is 1. The van der Waals surface area contributed by atoms with Crippen LogP contribution in [-0.4, -0.2) is 44.1 Å². The zero-order valence-electron chi connectivity index (χ0n) is 15.4. The molecule has 9 nitrogen and oxygen atoms in total. The SMILES string of the molecule is COc1ccccc1-n1ncc2c(N/N=C/c3ccc(C(=O)O)cc3)ncnc21. The van der Waals surface area contributed by atoms with E-state index >= 15 is 0 Å². The summed E-state index contributed by atoms with van der Waals surface area (Å²) in [5.41, 5.74) is 5.22. The van der Waals surface area contributed by atoms with E-state index in [0.29, 0.717) is 22.6 Å². The van der Waals surface area contributed by atoms with Crippen molar-refractivity contribution < 1.29 is 14.6 Å². The average molecular weight is 388 g/mol. The molecule has 144 valence electrons. The standard InChI is InChI=1S/C20H16N6O3/c1-29-17-5-3-2-4-16(17)26-19-15(11-24-26)18(21-12-22-19)25-23-10-13-6-8-14(9-7-13)20(27)28/h2-12H,1H3,(H,27,28)(H,21,22,25)/b23-10+. The highest BCUT2D eigenvalue weighted by Gasteiger charge is 2.13. The number of ether oxygens (including phenoxy) is 1. The van der Waals surface area contributed by atoms with E-state index in [1.54, 1.807) is 36.3 Å². The lowest BCUT2D eigenvalue weighted by molar-refractivity contribution is 0.0697. The summed E-state index contributed by atoms with van der Waals surface area (Å²) in [7, 11) is 1.60. The molecule has 2 aromatic carbocycles. The zero-order valence-corrected chi connectivity index (χ0v) is 15.4. The molecule has 0 spiro atoms. The highest BCUT2D eigenvalue weighted by atomic mass is 16.5. The summed E-state index contributed by atoms with van der Waals surface area (Å²) in [4.78, 5) is 19.5. The monoisotopic (exact) mass is 388 g/mol. The number of benzene rings is 2. The van der Waals surface area contributed by atoms with Crippen molar-refractivity contribution in [3.8, 4) is 11.4 Å². The van der Waals surface area contributed by atoms with Crippen LogP contribution in [-0.2, 0) is 0 Å². The first-order valence-corrected chi connectivity index (χ1v) is 8.62. The highest BCUT2D eigenvalue weighted by Crippen LogP contribution is 2.26. The Bertz CT molecular complexity index is 1200. The van der Waals surface area contributed by atoms with E-state index in [0.717, 1.165) is 11.3 Å². The Morgan fingerprint density at radius 2 is 1.97 bits per heavy atom. The molecule has 9 heteroatoms. The van der Waals surface area contributed by atoms with Crippen molar-refractivity contribution in [2.45, 2.75) is 0 Å². The van der Waals surface area contributed by atoms with Crippen molar-refractivity contribution in [2.24, 2.45) is 5.10 Å². The Kier molecular flexibility index (Phi) is 4.85. The number of anilines is 1. The molecule has 0 atom stereocenters. The van der Waals surface area contributed by atoms with Crippen molar-refractivity contribution in [1.29, 1.82) is 0 Å². The van der Waals surface area contributed by atoms with E-state index in [1.165, 1.54) is 18.5 Å². The number of rotatable bonds is 6. The van der Waals surface area contributed by atoms with Crippen molar-refractivity contribution >= 4 is 29.0 Å². The van der Waals surface area contributed by atoms with Gasteiger partial charge in [-0.05, 0) is 29.8 Å². The fourth-order valence-corrected chi connectivity index (χ4v) is 2.79. The average Bonchev–Trinajstić information content (AvgIpc) is 3.19. The number of fused-ring (bicyclic) bond motifs is 1. The number of hydrazone groups is 1. The molecule has 0 aliphatic carbocycles. The number of carbonyl (C=O) groups is 1. The predicted molar refractivity (Wildman–Crippen MR) is 108 cm³/mol. The van der Waals surface area contributed by atoms with E-state index in [9.17, 15) is 4.79 Å². The molecule has 0 saturated carbocycles. The summed E-state index contributed by atoms with van der Waals surface area (Å²) < 4.78 is 7.08. The summed E-state index contributed by atoms with van der Waals surface area (Å²) >= 11 is 0. The predicted octanol–water partition coefficient (Wildman–Crippen LogP) is 2.97. The normalized spacial score (nSPS) is 11.1. The number of carboxylic acid groups (broad SMARTS) is 1. The molecule has 2 heterocycles. The number of aromatic nitrogens is 4. The molecule has 0 fully saturated rings. The van der Waals surface area contributed by atoms with Gasteiger partial charge in [0.25, 0.3) is 0 Å². The van der Waals surface area contributed by atoms with Gasteiger partial charge in [0.05, 0.1) is 30.5 Å². The van der Waals surface area contributed by atoms with Gasteiger partial charge in [-0.2, -0.15) is 10.2 Å². The number of para-hydroxylation sites is 2. The number of nitrogens with one attached hydrogen (secondary N) is 1. The number of hydrogen-bond donors (Lipinski definition) is 2. The molecule has 4 aromatic rings. The van der Waals surface area contributed by atoms with Gasteiger partial charge in [0.2, 0.25) is 0 Å². The number of methoxy groups -OCH3 is 1. The first-order chi connectivity index (χ1) is 14.2. The second kappa shape index (κ2) is 7.77. The lowest BCUT2D eigenvalue weighted by Gasteiger charge is -2.08. The van der Waals surface area contributed by atoms with Gasteiger partial charge in [-0.1, -0.05) is 24.3 Å². The van der Waals surface area contributed by atoms with E-state index in [1.807, 2.05) is 24.3 Å². The highest BCUT2D eigenvalue weighted by molar-refractivity contribution is 5.90. The number of aromatic carboxylic acids is 1. The molecule has 0 unspecified atom stereocenters. The van der Waals surface area contributed by atoms with Crippen LogP contribution in [0.2, 0.25) is 0 Å². The third-order valence-corrected chi connectivity index (χ3v) is 4.22. The molecule has 0 aliphatic rings. The van der Waals surface area contributed by atoms with Crippen LogP contribution in [0.3, 0.4) is 0 Å². The topological polar surface area (TPSA) is 115 Å². The minimum absolute atomic E-state index is 0.219. The Labute approximate surface area is 165 Å². The minimum Gasteiger partial charge on any atom is -0.494 e. The second-order valence-corrected chi connectivity index (χ2v) is 5.98. The quantitative estimate of drug-likeness (QED) is 0.385. The molecular weight excluding hydrogens is 372 g/mol. The van der Waals surface area contributed by atoms with Gasteiger partial charge < -0.3 is 9.84 Å². The third-order valence-electron chi connectivity index (χ3n) is 4.22. The molecule has 0 bridgehead atoms. The van der Waals surface area contributed by atoms with Crippen LogP contribution >= 0.6 is 0 Å². The number of nitrogens with zero attached hydrogens (tertiary/aromatic N) is 5.